The van der Waals surface area contributed by atoms with E-state index in [2.05, 4.69) is 22.4 Å². The smallest absolute Gasteiger partial charge is 0.278 e. The summed E-state index contributed by atoms with van der Waals surface area (Å²) in [6.07, 6.45) is 2.81. The molecule has 1 aromatic heterocycles. The van der Waals surface area contributed by atoms with E-state index in [9.17, 15) is 15.1 Å². The summed E-state index contributed by atoms with van der Waals surface area (Å²) in [5.41, 5.74) is 2.59. The Labute approximate surface area is 186 Å². The molecule has 0 fully saturated rings. The molecule has 162 valence electrons. The number of aliphatic hydroxyl groups excluding tert-OH is 1. The summed E-state index contributed by atoms with van der Waals surface area (Å²) in [7, 11) is 0. The van der Waals surface area contributed by atoms with Crippen molar-refractivity contribution in [3.8, 4) is 0 Å². The average Bonchev–Trinajstić information content (AvgIpc) is 3.08. The summed E-state index contributed by atoms with van der Waals surface area (Å²) in [5, 5.41) is 25.2. The number of hydrogen-bond donors (Lipinski definition) is 3. The number of unbranched alkanes of at least 4 members (excludes halogenated alkanes) is 1. The van der Waals surface area contributed by atoms with Crippen LogP contribution in [-0.4, -0.2) is 31.5 Å². The van der Waals surface area contributed by atoms with E-state index < -0.39 is 5.91 Å². The van der Waals surface area contributed by atoms with Crippen molar-refractivity contribution in [3.05, 3.63) is 82.4 Å². The van der Waals surface area contributed by atoms with Crippen LogP contribution in [-0.2, 0) is 24.4 Å². The lowest BCUT2D eigenvalue weighted by atomic mass is 10.1. The number of rotatable bonds is 9. The van der Waals surface area contributed by atoms with E-state index in [0.29, 0.717) is 28.6 Å². The number of halogens is 1. The molecule has 0 saturated heterocycles. The molecule has 3 aromatic rings. The highest BCUT2D eigenvalue weighted by atomic mass is 35.5. The summed E-state index contributed by atoms with van der Waals surface area (Å²) in [5.74, 6) is 0.340. The molecule has 0 unspecified atom stereocenters. The number of nitrogens with zero attached hydrogens (tertiary/aromatic N) is 3. The summed E-state index contributed by atoms with van der Waals surface area (Å²) < 4.78 is 1.94. The van der Waals surface area contributed by atoms with Gasteiger partial charge in [-0.05, 0) is 24.1 Å². The van der Waals surface area contributed by atoms with Crippen molar-refractivity contribution >= 4 is 28.9 Å². The summed E-state index contributed by atoms with van der Waals surface area (Å²) >= 11 is 6.20. The molecular weight excluding hydrogens is 416 g/mol. The van der Waals surface area contributed by atoms with Crippen LogP contribution in [0.1, 0.15) is 42.4 Å². The van der Waals surface area contributed by atoms with Gasteiger partial charge >= 0.3 is 0 Å². The number of amides is 1. The molecule has 7 nitrogen and oxygen atoms in total. The predicted octanol–water partition coefficient (Wildman–Crippen LogP) is 4.24. The molecule has 8 heteroatoms. The van der Waals surface area contributed by atoms with Gasteiger partial charge in [-0.3, -0.25) is 4.79 Å². The van der Waals surface area contributed by atoms with Crippen LogP contribution in [0.15, 0.2) is 59.8 Å². The van der Waals surface area contributed by atoms with Gasteiger partial charge in [0, 0.05) is 24.2 Å². The summed E-state index contributed by atoms with van der Waals surface area (Å²) in [6, 6.07) is 16.1. The van der Waals surface area contributed by atoms with Gasteiger partial charge in [-0.2, -0.15) is 0 Å². The Morgan fingerprint density at radius 2 is 1.87 bits per heavy atom. The second kappa shape index (κ2) is 10.7. The third-order valence-electron chi connectivity index (χ3n) is 4.92. The molecule has 0 aliphatic heterocycles. The Bertz CT molecular complexity index is 1050. The second-order valence-electron chi connectivity index (χ2n) is 7.08. The van der Waals surface area contributed by atoms with Crippen molar-refractivity contribution in [2.24, 2.45) is 5.16 Å². The fourth-order valence-electron chi connectivity index (χ4n) is 3.26. The number of benzene rings is 2. The van der Waals surface area contributed by atoms with E-state index in [-0.39, 0.29) is 12.3 Å². The van der Waals surface area contributed by atoms with Crippen molar-refractivity contribution in [3.63, 3.8) is 0 Å². The van der Waals surface area contributed by atoms with Gasteiger partial charge in [0.05, 0.1) is 12.3 Å². The molecule has 0 saturated carbocycles. The van der Waals surface area contributed by atoms with Gasteiger partial charge < -0.3 is 20.2 Å². The highest BCUT2D eigenvalue weighted by Gasteiger charge is 2.16. The topological polar surface area (TPSA) is 99.7 Å². The van der Waals surface area contributed by atoms with Gasteiger partial charge in [0.25, 0.3) is 5.91 Å². The normalized spacial score (nSPS) is 11.5. The maximum absolute atomic E-state index is 12.5. The molecule has 31 heavy (non-hydrogen) atoms. The van der Waals surface area contributed by atoms with E-state index in [4.69, 9.17) is 11.6 Å². The number of carbonyl (C=O) groups is 1. The van der Waals surface area contributed by atoms with Gasteiger partial charge in [-0.1, -0.05) is 72.6 Å². The van der Waals surface area contributed by atoms with Crippen molar-refractivity contribution in [2.75, 3.05) is 5.32 Å². The van der Waals surface area contributed by atoms with Crippen LogP contribution >= 0.6 is 11.6 Å². The van der Waals surface area contributed by atoms with Crippen LogP contribution in [0.2, 0.25) is 5.15 Å². The number of oxime groups is 1. The Balaban J connectivity index is 1.73. The molecule has 3 rings (SSSR count). The van der Waals surface area contributed by atoms with E-state index >= 15 is 0 Å². The molecule has 2 aromatic carbocycles. The predicted molar refractivity (Wildman–Crippen MR) is 121 cm³/mol. The Morgan fingerprint density at radius 1 is 1.16 bits per heavy atom. The SMILES string of the molecule is CCCCc1nc(Cl)c(CO)n1Cc1ccc(NC(=O)/C(=N\O)c2ccccc2)cc1. The maximum Gasteiger partial charge on any atom is 0.278 e. The zero-order valence-corrected chi connectivity index (χ0v) is 18.0. The first-order valence-corrected chi connectivity index (χ1v) is 10.5. The average molecular weight is 441 g/mol. The number of aliphatic hydroxyl groups is 1. The number of carbonyl (C=O) groups excluding carboxylic acids is 1. The van der Waals surface area contributed by atoms with E-state index in [1.54, 1.807) is 36.4 Å². The molecule has 0 spiro atoms. The Morgan fingerprint density at radius 3 is 2.48 bits per heavy atom. The molecule has 0 atom stereocenters. The molecule has 1 amide bonds. The molecule has 0 radical (unpaired) electrons. The number of hydrogen-bond acceptors (Lipinski definition) is 5. The van der Waals surface area contributed by atoms with Crippen molar-refractivity contribution < 1.29 is 15.1 Å². The van der Waals surface area contributed by atoms with Crippen molar-refractivity contribution in [1.29, 1.82) is 0 Å². The second-order valence-corrected chi connectivity index (χ2v) is 7.44. The van der Waals surface area contributed by atoms with Crippen LogP contribution < -0.4 is 5.32 Å². The van der Waals surface area contributed by atoms with Crippen LogP contribution in [0.5, 0.6) is 0 Å². The minimum absolute atomic E-state index is 0.0640. The quantitative estimate of drug-likeness (QED) is 0.263. The van der Waals surface area contributed by atoms with Crippen molar-refractivity contribution in [1.82, 2.24) is 9.55 Å². The van der Waals surface area contributed by atoms with Gasteiger partial charge in [0.15, 0.2) is 10.9 Å². The Hall–Kier alpha value is -3.16. The first-order valence-electron chi connectivity index (χ1n) is 10.1. The number of aromatic nitrogens is 2. The van der Waals surface area contributed by atoms with Gasteiger partial charge in [0.1, 0.15) is 5.82 Å². The number of aryl methyl sites for hydroxylation is 1. The minimum atomic E-state index is -0.507. The van der Waals surface area contributed by atoms with Crippen LogP contribution in [0.25, 0.3) is 0 Å². The molecular formula is C23H25ClN4O3. The molecule has 1 heterocycles. The number of anilines is 1. The number of imidazole rings is 1. The lowest BCUT2D eigenvalue weighted by molar-refractivity contribution is -0.110. The minimum Gasteiger partial charge on any atom is -0.410 e. The summed E-state index contributed by atoms with van der Waals surface area (Å²) in [6.45, 7) is 2.44. The molecule has 0 aliphatic carbocycles. The van der Waals surface area contributed by atoms with E-state index in [0.717, 1.165) is 30.7 Å². The zero-order valence-electron chi connectivity index (χ0n) is 17.3. The van der Waals surface area contributed by atoms with Gasteiger partial charge in [0.2, 0.25) is 0 Å². The fraction of sp³-hybridized carbons (Fsp3) is 0.261. The van der Waals surface area contributed by atoms with Gasteiger partial charge in [-0.25, -0.2) is 4.98 Å². The third-order valence-corrected chi connectivity index (χ3v) is 5.22. The maximum atomic E-state index is 12.5. The van der Waals surface area contributed by atoms with Gasteiger partial charge in [-0.15, -0.1) is 0 Å². The van der Waals surface area contributed by atoms with E-state index in [1.165, 1.54) is 0 Å². The first-order chi connectivity index (χ1) is 15.1. The summed E-state index contributed by atoms with van der Waals surface area (Å²) in [4.78, 5) is 16.9. The number of nitrogens with one attached hydrogen (secondary N) is 1. The molecule has 0 bridgehead atoms. The molecule has 3 N–H and O–H groups in total. The third kappa shape index (κ3) is 5.51. The standard InChI is InChI=1S/C23H25ClN4O3/c1-2-3-9-20-26-22(24)19(15-29)28(20)14-16-10-12-18(13-11-16)25-23(30)21(27-31)17-7-5-4-6-8-17/h4-8,10-13,29,31H,2-3,9,14-15H2,1H3,(H,25,30)/b27-21-. The highest BCUT2D eigenvalue weighted by molar-refractivity contribution is 6.48. The lowest BCUT2D eigenvalue weighted by Gasteiger charge is -2.12. The van der Waals surface area contributed by atoms with Crippen molar-refractivity contribution in [2.45, 2.75) is 39.3 Å². The zero-order chi connectivity index (χ0) is 22.2. The monoisotopic (exact) mass is 440 g/mol. The lowest BCUT2D eigenvalue weighted by Crippen LogP contribution is -2.23. The highest BCUT2D eigenvalue weighted by Crippen LogP contribution is 2.21. The molecule has 0 aliphatic rings. The fourth-order valence-corrected chi connectivity index (χ4v) is 3.52. The first kappa shape index (κ1) is 22.5. The van der Waals surface area contributed by atoms with Crippen LogP contribution in [0, 0.1) is 0 Å². The largest absolute Gasteiger partial charge is 0.410 e. The van der Waals surface area contributed by atoms with Crippen LogP contribution in [0.4, 0.5) is 5.69 Å². The van der Waals surface area contributed by atoms with E-state index in [1.807, 2.05) is 22.8 Å². The Kier molecular flexibility index (Phi) is 7.81. The van der Waals surface area contributed by atoms with Crippen LogP contribution in [0.3, 0.4) is 0 Å².